The summed E-state index contributed by atoms with van der Waals surface area (Å²) in [6.07, 6.45) is 9.29. The molecule has 2 atom stereocenters. The first-order valence-electron chi connectivity index (χ1n) is 18.6. The Morgan fingerprint density at radius 1 is 0.889 bits per heavy atom. The van der Waals surface area contributed by atoms with Crippen LogP contribution in [0.2, 0.25) is 5.02 Å². The number of fused-ring (bicyclic) bond motifs is 1. The van der Waals surface area contributed by atoms with E-state index in [1.54, 1.807) is 61.5 Å². The molecule has 288 valence electrons. The molecule has 2 unspecified atom stereocenters. The molecule has 0 saturated carbocycles. The van der Waals surface area contributed by atoms with Gasteiger partial charge in [-0.2, -0.15) is 0 Å². The Hall–Kier alpha value is -4.59. The average molecular weight is 779 g/mol. The Morgan fingerprint density at radius 2 is 1.54 bits per heavy atom. The molecule has 0 aliphatic carbocycles. The van der Waals surface area contributed by atoms with Crippen molar-refractivity contribution in [3.8, 4) is 0 Å². The van der Waals surface area contributed by atoms with Crippen LogP contribution in [0.15, 0.2) is 82.2 Å². The number of benzene rings is 3. The fraction of sp³-hybridized carbons (Fsp3) is 0.425. The van der Waals surface area contributed by atoms with E-state index in [0.717, 1.165) is 30.6 Å². The summed E-state index contributed by atoms with van der Waals surface area (Å²) in [6, 6.07) is 16.3. The standard InChI is InChI=1S/C40H47ClN4O8S/c1-3-5-6-7-8-9-10-11-12-18-25-54(50,51)29-23-24-32(31(41)26-29)42-37(47)35(36(46)34-30-21-16-17-22-33(30)53-43-34)45-38(48)39(52-4-2)44(40(45)49)27-28-19-14-13-15-20-28/h13-17,19-24,26,35,39H,3-12,18,25,27H2,1-2H3,(H,42,47). The summed E-state index contributed by atoms with van der Waals surface area (Å²) in [5.41, 5.74) is 0.661. The van der Waals surface area contributed by atoms with E-state index in [9.17, 15) is 27.6 Å². The van der Waals surface area contributed by atoms with E-state index in [0.29, 0.717) is 16.9 Å². The number of nitrogens with zero attached hydrogens (tertiary/aromatic N) is 3. The number of nitrogens with one attached hydrogen (secondary N) is 1. The van der Waals surface area contributed by atoms with Crippen LogP contribution in [0, 0.1) is 0 Å². The number of anilines is 1. The summed E-state index contributed by atoms with van der Waals surface area (Å²) in [4.78, 5) is 58.1. The Kier molecular flexibility index (Phi) is 14.4. The van der Waals surface area contributed by atoms with E-state index in [1.165, 1.54) is 50.3 Å². The second kappa shape index (κ2) is 19.1. The van der Waals surface area contributed by atoms with Crippen molar-refractivity contribution in [3.63, 3.8) is 0 Å². The van der Waals surface area contributed by atoms with Gasteiger partial charge in [0, 0.05) is 6.61 Å². The maximum Gasteiger partial charge on any atom is 0.330 e. The Balaban J connectivity index is 1.34. The fourth-order valence-corrected chi connectivity index (χ4v) is 8.19. The number of halogens is 1. The van der Waals surface area contributed by atoms with Crippen LogP contribution >= 0.6 is 11.6 Å². The van der Waals surface area contributed by atoms with Gasteiger partial charge in [0.25, 0.3) is 11.8 Å². The molecule has 12 nitrogen and oxygen atoms in total. The fourth-order valence-electron chi connectivity index (χ4n) is 6.51. The van der Waals surface area contributed by atoms with Gasteiger partial charge in [0.05, 0.1) is 33.3 Å². The second-order valence-electron chi connectivity index (χ2n) is 13.3. The molecule has 4 amide bonds. The molecule has 14 heteroatoms. The molecule has 1 aliphatic rings. The van der Waals surface area contributed by atoms with Gasteiger partial charge in [-0.25, -0.2) is 18.1 Å². The van der Waals surface area contributed by atoms with Crippen molar-refractivity contribution in [1.82, 2.24) is 15.0 Å². The molecule has 1 aliphatic heterocycles. The molecule has 54 heavy (non-hydrogen) atoms. The van der Waals surface area contributed by atoms with Crippen molar-refractivity contribution in [2.24, 2.45) is 0 Å². The van der Waals surface area contributed by atoms with E-state index in [4.69, 9.17) is 20.9 Å². The van der Waals surface area contributed by atoms with Gasteiger partial charge in [-0.15, -0.1) is 0 Å². The molecule has 1 N–H and O–H groups in total. The number of carbonyl (C=O) groups is 4. The van der Waals surface area contributed by atoms with Crippen molar-refractivity contribution in [1.29, 1.82) is 0 Å². The van der Waals surface area contributed by atoms with Gasteiger partial charge in [-0.3, -0.25) is 19.3 Å². The van der Waals surface area contributed by atoms with E-state index in [1.807, 2.05) is 0 Å². The highest BCUT2D eigenvalue weighted by molar-refractivity contribution is 7.91. The van der Waals surface area contributed by atoms with Gasteiger partial charge in [0.2, 0.25) is 12.0 Å². The van der Waals surface area contributed by atoms with Gasteiger partial charge < -0.3 is 14.6 Å². The molecule has 1 fully saturated rings. The van der Waals surface area contributed by atoms with Gasteiger partial charge >= 0.3 is 6.03 Å². The highest BCUT2D eigenvalue weighted by Gasteiger charge is 2.53. The van der Waals surface area contributed by atoms with Crippen LogP contribution in [-0.4, -0.2) is 71.6 Å². The number of Topliss-reactive ketones (excluding diaryl/α,β-unsaturated/α-hetero) is 1. The molecule has 4 aromatic rings. The molecule has 1 saturated heterocycles. The summed E-state index contributed by atoms with van der Waals surface area (Å²) < 4.78 is 37.4. The van der Waals surface area contributed by atoms with Gasteiger partial charge in [0.15, 0.2) is 27.2 Å². The van der Waals surface area contributed by atoms with Crippen LogP contribution in [0.3, 0.4) is 0 Å². The number of hydrogen-bond donors (Lipinski definition) is 1. The first kappa shape index (κ1) is 40.6. The molecule has 3 aromatic carbocycles. The third kappa shape index (κ3) is 9.74. The second-order valence-corrected chi connectivity index (χ2v) is 15.9. The zero-order valence-corrected chi connectivity index (χ0v) is 32.2. The number of carbonyl (C=O) groups excluding carboxylic acids is 4. The molecule has 0 bridgehead atoms. The van der Waals surface area contributed by atoms with E-state index < -0.39 is 45.7 Å². The number of unbranched alkanes of at least 4 members (excludes halogenated alkanes) is 9. The number of sulfone groups is 1. The highest BCUT2D eigenvalue weighted by atomic mass is 35.5. The summed E-state index contributed by atoms with van der Waals surface area (Å²) in [6.45, 7) is 3.87. The van der Waals surface area contributed by atoms with Crippen molar-refractivity contribution in [3.05, 3.63) is 89.1 Å². The first-order valence-corrected chi connectivity index (χ1v) is 20.6. The Bertz CT molecular complexity index is 2040. The van der Waals surface area contributed by atoms with Crippen molar-refractivity contribution < 1.29 is 36.9 Å². The Labute approximate surface area is 321 Å². The van der Waals surface area contributed by atoms with Crippen molar-refractivity contribution in [2.45, 2.75) is 102 Å². The number of ketones is 1. The van der Waals surface area contributed by atoms with Crippen LogP contribution in [0.1, 0.15) is 94.1 Å². The zero-order valence-electron chi connectivity index (χ0n) is 30.7. The summed E-state index contributed by atoms with van der Waals surface area (Å²) in [7, 11) is -3.67. The molecule has 0 spiro atoms. The molecule has 5 rings (SSSR count). The smallest absolute Gasteiger partial charge is 0.330 e. The van der Waals surface area contributed by atoms with Crippen molar-refractivity contribution in [2.75, 3.05) is 17.7 Å². The van der Waals surface area contributed by atoms with Crippen LogP contribution < -0.4 is 5.32 Å². The van der Waals surface area contributed by atoms with E-state index >= 15 is 0 Å². The largest absolute Gasteiger partial charge is 0.356 e. The highest BCUT2D eigenvalue weighted by Crippen LogP contribution is 2.30. The quantitative estimate of drug-likeness (QED) is 0.0381. The molecular weight excluding hydrogens is 732 g/mol. The number of aromatic nitrogens is 1. The number of urea groups is 1. The maximum atomic E-state index is 14.3. The maximum absolute atomic E-state index is 14.3. The number of amides is 4. The predicted molar refractivity (Wildman–Crippen MR) is 206 cm³/mol. The lowest BCUT2D eigenvalue weighted by Gasteiger charge is -2.24. The number of rotatable bonds is 21. The summed E-state index contributed by atoms with van der Waals surface area (Å²) in [5.74, 6) is -3.03. The van der Waals surface area contributed by atoms with Crippen LogP contribution in [0.4, 0.5) is 10.5 Å². The first-order chi connectivity index (χ1) is 26.1. The minimum absolute atomic E-state index is 0.0101. The lowest BCUT2D eigenvalue weighted by molar-refractivity contribution is -0.144. The van der Waals surface area contributed by atoms with Crippen LogP contribution in [0.25, 0.3) is 11.0 Å². The van der Waals surface area contributed by atoms with Gasteiger partial charge in [-0.1, -0.05) is 124 Å². The number of hydrogen-bond acceptors (Lipinski definition) is 9. The zero-order chi connectivity index (χ0) is 38.7. The number of para-hydroxylation sites is 1. The topological polar surface area (TPSA) is 156 Å². The normalized spacial score (nSPS) is 15.3. The van der Waals surface area contributed by atoms with Gasteiger partial charge in [0.1, 0.15) is 0 Å². The average Bonchev–Trinajstić information content (AvgIpc) is 3.69. The lowest BCUT2D eigenvalue weighted by atomic mass is 10.0. The van der Waals surface area contributed by atoms with E-state index in [-0.39, 0.29) is 51.2 Å². The molecular formula is C40H47ClN4O8S. The predicted octanol–water partition coefficient (Wildman–Crippen LogP) is 8.19. The van der Waals surface area contributed by atoms with Crippen LogP contribution in [0.5, 0.6) is 0 Å². The third-order valence-electron chi connectivity index (χ3n) is 9.39. The summed E-state index contributed by atoms with van der Waals surface area (Å²) in [5, 5.41) is 6.61. The number of imide groups is 1. The van der Waals surface area contributed by atoms with Crippen molar-refractivity contribution >= 4 is 61.7 Å². The lowest BCUT2D eigenvalue weighted by Crippen LogP contribution is -2.52. The number of ether oxygens (including phenoxy) is 1. The summed E-state index contributed by atoms with van der Waals surface area (Å²) >= 11 is 6.53. The minimum Gasteiger partial charge on any atom is -0.356 e. The molecule has 1 aromatic heterocycles. The van der Waals surface area contributed by atoms with Crippen LogP contribution in [-0.2, 0) is 30.7 Å². The third-order valence-corrected chi connectivity index (χ3v) is 11.5. The monoisotopic (exact) mass is 778 g/mol. The molecule has 0 radical (unpaired) electrons. The minimum atomic E-state index is -3.67. The molecule has 2 heterocycles. The van der Waals surface area contributed by atoms with Gasteiger partial charge in [-0.05, 0) is 49.2 Å². The SMILES string of the molecule is CCCCCCCCCCCCS(=O)(=O)c1ccc(NC(=O)C(C(=O)c2noc3ccccc23)N2C(=O)C(OCC)N(Cc3ccccc3)C2=O)c(Cl)c1. The Morgan fingerprint density at radius 3 is 2.20 bits per heavy atom. The van der Waals surface area contributed by atoms with E-state index in [2.05, 4.69) is 17.4 Å².